The molecule has 0 aliphatic carbocycles. The largest absolute Gasteiger partial charge is 0.378 e. The van der Waals surface area contributed by atoms with E-state index in [0.29, 0.717) is 12.5 Å². The van der Waals surface area contributed by atoms with Crippen LogP contribution in [0.25, 0.3) is 0 Å². The van der Waals surface area contributed by atoms with Gasteiger partial charge in [-0.2, -0.15) is 0 Å². The van der Waals surface area contributed by atoms with Crippen LogP contribution in [0.15, 0.2) is 0 Å². The summed E-state index contributed by atoms with van der Waals surface area (Å²) in [6.45, 7) is 4.88. The molecule has 1 aliphatic heterocycles. The van der Waals surface area contributed by atoms with E-state index in [1.165, 1.54) is 0 Å². The molecule has 1 saturated heterocycles. The Labute approximate surface area is 78.2 Å². The van der Waals surface area contributed by atoms with E-state index in [2.05, 4.69) is 13.8 Å². The van der Waals surface area contributed by atoms with Gasteiger partial charge in [-0.05, 0) is 30.4 Å². The summed E-state index contributed by atoms with van der Waals surface area (Å²) in [6, 6.07) is 0. The highest BCUT2D eigenvalue weighted by molar-refractivity contribution is 6.63. The van der Waals surface area contributed by atoms with Crippen molar-refractivity contribution in [3.8, 4) is 0 Å². The molecule has 0 amide bonds. The number of hydrogen-bond acceptors (Lipinski definition) is 2. The maximum absolute atomic E-state index is 10.9. The van der Waals surface area contributed by atoms with E-state index in [1.807, 2.05) is 0 Å². The molecule has 2 atom stereocenters. The van der Waals surface area contributed by atoms with E-state index in [-0.39, 0.29) is 17.3 Å². The molecule has 0 radical (unpaired) electrons. The number of carbonyl (C=O) groups excluding carboxylic acids is 1. The van der Waals surface area contributed by atoms with Crippen LogP contribution in [0.5, 0.6) is 0 Å². The number of rotatable bonds is 2. The zero-order valence-electron chi connectivity index (χ0n) is 7.55. The summed E-state index contributed by atoms with van der Waals surface area (Å²) in [7, 11) is 0. The van der Waals surface area contributed by atoms with Gasteiger partial charge < -0.3 is 4.74 Å². The Morgan fingerprint density at radius 3 is 2.75 bits per heavy atom. The zero-order valence-corrected chi connectivity index (χ0v) is 8.30. The third-order valence-electron chi connectivity index (χ3n) is 2.38. The van der Waals surface area contributed by atoms with Gasteiger partial charge in [0.05, 0.1) is 6.10 Å². The molecule has 1 rings (SSSR count). The van der Waals surface area contributed by atoms with E-state index in [4.69, 9.17) is 16.3 Å². The molecule has 0 aromatic carbocycles. The van der Waals surface area contributed by atoms with E-state index >= 15 is 0 Å². The fourth-order valence-corrected chi connectivity index (χ4v) is 1.70. The third-order valence-corrected chi connectivity index (χ3v) is 2.69. The van der Waals surface area contributed by atoms with E-state index in [0.717, 1.165) is 12.8 Å². The molecule has 1 fully saturated rings. The van der Waals surface area contributed by atoms with Crippen LogP contribution < -0.4 is 0 Å². The van der Waals surface area contributed by atoms with Gasteiger partial charge in [0, 0.05) is 12.5 Å². The van der Waals surface area contributed by atoms with Gasteiger partial charge in [-0.3, -0.25) is 4.79 Å². The van der Waals surface area contributed by atoms with Gasteiger partial charge in [0.2, 0.25) is 5.24 Å². The van der Waals surface area contributed by atoms with E-state index in [1.54, 1.807) is 0 Å². The molecule has 0 aromatic heterocycles. The molecule has 0 spiro atoms. The lowest BCUT2D eigenvalue weighted by Crippen LogP contribution is -2.31. The molecular weight excluding hydrogens is 176 g/mol. The fraction of sp³-hybridized carbons (Fsp3) is 0.889. The summed E-state index contributed by atoms with van der Waals surface area (Å²) in [6.07, 6.45) is 1.79. The zero-order chi connectivity index (χ0) is 9.14. The Balaban J connectivity index is 2.46. The molecule has 2 nitrogen and oxygen atoms in total. The van der Waals surface area contributed by atoms with Gasteiger partial charge in [-0.1, -0.05) is 13.8 Å². The van der Waals surface area contributed by atoms with Crippen LogP contribution in [-0.2, 0) is 9.53 Å². The lowest BCUT2D eigenvalue weighted by Gasteiger charge is -2.29. The smallest absolute Gasteiger partial charge is 0.224 e. The molecule has 70 valence electrons. The van der Waals surface area contributed by atoms with Crippen molar-refractivity contribution in [3.63, 3.8) is 0 Å². The van der Waals surface area contributed by atoms with Crippen molar-refractivity contribution in [2.45, 2.75) is 32.8 Å². The lowest BCUT2D eigenvalue weighted by molar-refractivity contribution is -0.121. The number of carbonyl (C=O) groups is 1. The topological polar surface area (TPSA) is 26.3 Å². The standard InChI is InChI=1S/C9H15ClO2/c1-6(2)8-5-7(9(10)11)3-4-12-8/h6-8H,3-5H2,1-2H3. The Hall–Kier alpha value is -0.0800. The van der Waals surface area contributed by atoms with Gasteiger partial charge in [0.25, 0.3) is 0 Å². The predicted octanol–water partition coefficient (Wildman–Crippen LogP) is 2.20. The monoisotopic (exact) mass is 190 g/mol. The number of hydrogen-bond donors (Lipinski definition) is 0. The van der Waals surface area contributed by atoms with Crippen molar-refractivity contribution in [2.24, 2.45) is 11.8 Å². The van der Waals surface area contributed by atoms with Crippen LogP contribution in [0, 0.1) is 11.8 Å². The first-order valence-electron chi connectivity index (χ1n) is 4.42. The maximum atomic E-state index is 10.9. The minimum Gasteiger partial charge on any atom is -0.378 e. The second kappa shape index (κ2) is 4.24. The molecule has 12 heavy (non-hydrogen) atoms. The highest BCUT2D eigenvalue weighted by atomic mass is 35.5. The first kappa shape index (κ1) is 10.0. The van der Waals surface area contributed by atoms with Gasteiger partial charge >= 0.3 is 0 Å². The first-order valence-corrected chi connectivity index (χ1v) is 4.80. The normalized spacial score (nSPS) is 30.7. The highest BCUT2D eigenvalue weighted by Crippen LogP contribution is 2.26. The van der Waals surface area contributed by atoms with Crippen molar-refractivity contribution in [1.29, 1.82) is 0 Å². The van der Waals surface area contributed by atoms with Crippen molar-refractivity contribution < 1.29 is 9.53 Å². The van der Waals surface area contributed by atoms with Gasteiger partial charge in [-0.15, -0.1) is 0 Å². The van der Waals surface area contributed by atoms with Crippen LogP contribution in [0.2, 0.25) is 0 Å². The minimum absolute atomic E-state index is 0.0211. The summed E-state index contributed by atoms with van der Waals surface area (Å²) in [5.74, 6) is 0.497. The van der Waals surface area contributed by atoms with Crippen LogP contribution in [0.3, 0.4) is 0 Å². The van der Waals surface area contributed by atoms with Gasteiger partial charge in [0.1, 0.15) is 0 Å². The summed E-state index contributed by atoms with van der Waals surface area (Å²) in [5.41, 5.74) is 0. The van der Waals surface area contributed by atoms with Crippen LogP contribution in [0.1, 0.15) is 26.7 Å². The minimum atomic E-state index is -0.205. The number of ether oxygens (including phenoxy) is 1. The molecular formula is C9H15ClO2. The molecule has 0 bridgehead atoms. The summed E-state index contributed by atoms with van der Waals surface area (Å²) >= 11 is 5.43. The van der Waals surface area contributed by atoms with E-state index in [9.17, 15) is 4.79 Å². The SMILES string of the molecule is CC(C)C1CC(C(=O)Cl)CCO1. The average molecular weight is 191 g/mol. The molecule has 0 aromatic rings. The summed E-state index contributed by atoms with van der Waals surface area (Å²) in [4.78, 5) is 10.9. The third kappa shape index (κ3) is 2.46. The molecule has 2 unspecified atom stereocenters. The maximum Gasteiger partial charge on any atom is 0.224 e. The van der Waals surface area contributed by atoms with Crippen molar-refractivity contribution in [3.05, 3.63) is 0 Å². The first-order chi connectivity index (χ1) is 5.61. The Morgan fingerprint density at radius 2 is 2.25 bits per heavy atom. The van der Waals surface area contributed by atoms with Crippen molar-refractivity contribution in [2.75, 3.05) is 6.61 Å². The van der Waals surface area contributed by atoms with Crippen LogP contribution in [-0.4, -0.2) is 18.0 Å². The molecule has 1 heterocycles. The van der Waals surface area contributed by atoms with E-state index < -0.39 is 0 Å². The average Bonchev–Trinajstić information content (AvgIpc) is 2.04. The van der Waals surface area contributed by atoms with Gasteiger partial charge in [-0.25, -0.2) is 0 Å². The summed E-state index contributed by atoms with van der Waals surface area (Å²) < 4.78 is 5.51. The molecule has 0 saturated carbocycles. The second-order valence-corrected chi connectivity index (χ2v) is 4.05. The molecule has 0 N–H and O–H groups in total. The quantitative estimate of drug-likeness (QED) is 0.625. The Bertz CT molecular complexity index is 168. The fourth-order valence-electron chi connectivity index (χ4n) is 1.50. The molecule has 3 heteroatoms. The highest BCUT2D eigenvalue weighted by Gasteiger charge is 2.28. The Morgan fingerprint density at radius 1 is 1.58 bits per heavy atom. The predicted molar refractivity (Wildman–Crippen MR) is 48.2 cm³/mol. The van der Waals surface area contributed by atoms with Gasteiger partial charge in [0.15, 0.2) is 0 Å². The van der Waals surface area contributed by atoms with Crippen molar-refractivity contribution in [1.82, 2.24) is 0 Å². The summed E-state index contributed by atoms with van der Waals surface area (Å²) in [5, 5.41) is -0.205. The van der Waals surface area contributed by atoms with Crippen molar-refractivity contribution >= 4 is 16.8 Å². The van der Waals surface area contributed by atoms with Crippen LogP contribution in [0.4, 0.5) is 0 Å². The second-order valence-electron chi connectivity index (χ2n) is 3.68. The number of halogens is 1. The van der Waals surface area contributed by atoms with Crippen LogP contribution >= 0.6 is 11.6 Å². The Kier molecular flexibility index (Phi) is 3.53. The molecule has 1 aliphatic rings. The lowest BCUT2D eigenvalue weighted by atomic mass is 9.91.